The molecule has 2 heterocycles. The molecule has 5 N–H and O–H groups in total. The van der Waals surface area contributed by atoms with E-state index in [4.69, 9.17) is 9.47 Å². The molecule has 0 amide bonds. The normalized spacial score (nSPS) is 47.9. The van der Waals surface area contributed by atoms with Crippen molar-refractivity contribution in [2.24, 2.45) is 50.2 Å². The zero-order valence-electron chi connectivity index (χ0n) is 31.1. The fourth-order valence-corrected chi connectivity index (χ4v) is 12.7. The van der Waals surface area contributed by atoms with Crippen molar-refractivity contribution < 1.29 is 39.8 Å². The second-order valence-corrected chi connectivity index (χ2v) is 19.2. The lowest BCUT2D eigenvalue weighted by molar-refractivity contribution is -0.254. The largest absolute Gasteiger partial charge is 0.459 e. The van der Waals surface area contributed by atoms with E-state index >= 15 is 0 Å². The highest BCUT2D eigenvalue weighted by Gasteiger charge is 2.69. The van der Waals surface area contributed by atoms with Crippen molar-refractivity contribution in [1.82, 2.24) is 15.0 Å². The van der Waals surface area contributed by atoms with Gasteiger partial charge in [-0.05, 0) is 109 Å². The van der Waals surface area contributed by atoms with Crippen molar-refractivity contribution in [2.75, 3.05) is 6.61 Å². The molecule has 1 saturated heterocycles. The molecule has 1 aromatic heterocycles. The van der Waals surface area contributed by atoms with E-state index in [1.54, 1.807) is 0 Å². The summed E-state index contributed by atoms with van der Waals surface area (Å²) in [5, 5.41) is 59.8. The van der Waals surface area contributed by atoms with Crippen LogP contribution in [0.25, 0.3) is 0 Å². The zero-order valence-corrected chi connectivity index (χ0v) is 31.1. The van der Waals surface area contributed by atoms with Gasteiger partial charge in [0.1, 0.15) is 36.7 Å². The van der Waals surface area contributed by atoms with Crippen molar-refractivity contribution in [1.29, 1.82) is 0 Å². The van der Waals surface area contributed by atoms with E-state index in [0.29, 0.717) is 17.5 Å². The van der Waals surface area contributed by atoms with E-state index in [1.165, 1.54) is 16.5 Å². The lowest BCUT2D eigenvalue weighted by Crippen LogP contribution is -2.65. The zero-order chi connectivity index (χ0) is 36.2. The summed E-state index contributed by atoms with van der Waals surface area (Å²) in [6, 6.07) is 0. The highest BCUT2D eigenvalue weighted by molar-refractivity contribution is 5.78. The Hall–Kier alpha value is -1.89. The molecular weight excluding hydrogens is 638 g/mol. The van der Waals surface area contributed by atoms with Crippen LogP contribution in [0.5, 0.6) is 0 Å². The molecule has 0 bridgehead atoms. The van der Waals surface area contributed by atoms with Crippen molar-refractivity contribution in [3.8, 4) is 0 Å². The average molecular weight is 700 g/mol. The van der Waals surface area contributed by atoms with Gasteiger partial charge < -0.3 is 35.0 Å². The number of hydrogen-bond donors (Lipinski definition) is 5. The Morgan fingerprint density at radius 3 is 2.36 bits per heavy atom. The third-order valence-corrected chi connectivity index (χ3v) is 16.1. The van der Waals surface area contributed by atoms with E-state index < -0.39 is 42.7 Å². The number of aromatic nitrogens is 3. The van der Waals surface area contributed by atoms with Gasteiger partial charge in [-0.25, -0.2) is 4.68 Å². The molecule has 13 atom stereocenters. The number of allylic oxidation sites excluding steroid dienone is 2. The second kappa shape index (κ2) is 12.1. The van der Waals surface area contributed by atoms with E-state index in [1.807, 2.05) is 0 Å². The second-order valence-electron chi connectivity index (χ2n) is 19.2. The van der Waals surface area contributed by atoms with Gasteiger partial charge in [-0.3, -0.25) is 4.79 Å². The van der Waals surface area contributed by atoms with Crippen LogP contribution >= 0.6 is 0 Å². The summed E-state index contributed by atoms with van der Waals surface area (Å²) in [5.41, 5.74) is 1.46. The molecule has 11 nitrogen and oxygen atoms in total. The molecule has 50 heavy (non-hydrogen) atoms. The summed E-state index contributed by atoms with van der Waals surface area (Å²) < 4.78 is 13.0. The van der Waals surface area contributed by atoms with Gasteiger partial charge in [0.05, 0.1) is 24.3 Å². The highest BCUT2D eigenvalue weighted by Crippen LogP contribution is 2.75. The van der Waals surface area contributed by atoms with Crippen LogP contribution in [0.3, 0.4) is 0 Å². The quantitative estimate of drug-likeness (QED) is 0.219. The minimum absolute atomic E-state index is 0.0277. The summed E-state index contributed by atoms with van der Waals surface area (Å²) in [6.45, 7) is 16.2. The van der Waals surface area contributed by atoms with Crippen LogP contribution in [-0.2, 0) is 20.9 Å². The minimum atomic E-state index is -1.54. The number of nitrogens with zero attached hydrogens (tertiary/aromatic N) is 3. The number of aliphatic hydroxyl groups is 5. The number of carbonyl (C=O) groups excluding carboxylic acids is 1. The van der Waals surface area contributed by atoms with Crippen LogP contribution in [0.1, 0.15) is 125 Å². The first-order valence-electron chi connectivity index (χ1n) is 19.1. The topological polar surface area (TPSA) is 167 Å². The highest BCUT2D eigenvalue weighted by atomic mass is 16.6. The fraction of sp³-hybridized carbons (Fsp3) is 0.872. The standard InChI is InChI=1S/C39H61N3O8/c1-34(2)14-16-39(33(48)49-21-22-19-42(41-40-22)32-31(47)30(46)29(45)25(20-43)50-32)17-15-37(6)23(24(39)18-34)8-9-27-36(5)12-11-28(44)35(3,4)26(36)10-13-38(27,37)7/h8,19,24-32,43-47H,9-18,20-21H2,1-7H3/t24-,25+,26-,27+,28-,29+,30-,31+,32+,36-,37+,38+,39-/m0/s1. The molecular formula is C39H61N3O8. The lowest BCUT2D eigenvalue weighted by atomic mass is 9.33. The fourth-order valence-electron chi connectivity index (χ4n) is 12.7. The average Bonchev–Trinajstić information content (AvgIpc) is 3.53. The van der Waals surface area contributed by atoms with Crippen LogP contribution < -0.4 is 0 Å². The van der Waals surface area contributed by atoms with Crippen LogP contribution in [-0.4, -0.2) is 83.6 Å². The molecule has 0 aromatic carbocycles. The Bertz CT molecular complexity index is 1510. The molecule has 0 unspecified atom stereocenters. The first-order chi connectivity index (χ1) is 23.3. The third kappa shape index (κ3) is 5.14. The predicted octanol–water partition coefficient (Wildman–Crippen LogP) is 4.46. The van der Waals surface area contributed by atoms with E-state index in [9.17, 15) is 30.3 Å². The van der Waals surface area contributed by atoms with Gasteiger partial charge in [-0.2, -0.15) is 0 Å². The summed E-state index contributed by atoms with van der Waals surface area (Å²) in [5.74, 6) is 0.918. The summed E-state index contributed by atoms with van der Waals surface area (Å²) in [6.07, 6.45) is 6.67. The number of aliphatic hydroxyl groups excluding tert-OH is 5. The number of carbonyl (C=O) groups is 1. The Morgan fingerprint density at radius 2 is 1.64 bits per heavy atom. The molecule has 1 aromatic rings. The van der Waals surface area contributed by atoms with Crippen LogP contribution in [0.4, 0.5) is 0 Å². The molecule has 0 spiro atoms. The number of rotatable bonds is 5. The Kier molecular flexibility index (Phi) is 8.80. The first kappa shape index (κ1) is 36.5. The maximum absolute atomic E-state index is 14.5. The van der Waals surface area contributed by atoms with Crippen molar-refractivity contribution in [3.05, 3.63) is 23.5 Å². The SMILES string of the molecule is CC1(C)CC[C@]2(C(=O)OCc3cn([C@@H]4O[C@H](CO)[C@@H](O)[C@H](O)[C@H]4O)nn3)CC[C@]3(C)C(=CC[C@@H]4[C@@]5(C)CC[C@H](O)C(C)(C)[C@@H]5CC[C@]43C)[C@@H]2C1. The molecule has 0 radical (unpaired) electrons. The molecule has 1 aliphatic heterocycles. The van der Waals surface area contributed by atoms with Crippen molar-refractivity contribution >= 4 is 5.97 Å². The summed E-state index contributed by atoms with van der Waals surface area (Å²) in [7, 11) is 0. The maximum Gasteiger partial charge on any atom is 0.313 e. The number of esters is 1. The third-order valence-electron chi connectivity index (χ3n) is 16.1. The van der Waals surface area contributed by atoms with E-state index in [2.05, 4.69) is 64.9 Å². The van der Waals surface area contributed by atoms with Gasteiger partial charge in [0.15, 0.2) is 6.23 Å². The van der Waals surface area contributed by atoms with Gasteiger partial charge >= 0.3 is 5.97 Å². The number of ether oxygens (including phenoxy) is 2. The van der Waals surface area contributed by atoms with Gasteiger partial charge in [-0.15, -0.1) is 5.10 Å². The molecule has 5 fully saturated rings. The molecule has 6 aliphatic rings. The molecule has 5 aliphatic carbocycles. The molecule has 11 heteroatoms. The Morgan fingerprint density at radius 1 is 0.920 bits per heavy atom. The maximum atomic E-state index is 14.5. The van der Waals surface area contributed by atoms with Crippen LogP contribution in [0.2, 0.25) is 0 Å². The molecule has 280 valence electrons. The molecule has 7 rings (SSSR count). The first-order valence-corrected chi connectivity index (χ1v) is 19.1. The van der Waals surface area contributed by atoms with E-state index in [-0.39, 0.29) is 51.7 Å². The van der Waals surface area contributed by atoms with Crippen molar-refractivity contribution in [3.63, 3.8) is 0 Å². The smallest absolute Gasteiger partial charge is 0.313 e. The summed E-state index contributed by atoms with van der Waals surface area (Å²) in [4.78, 5) is 14.5. The minimum Gasteiger partial charge on any atom is -0.459 e. The van der Waals surface area contributed by atoms with Gasteiger partial charge in [0, 0.05) is 0 Å². The number of fused-ring (bicyclic) bond motifs is 7. The summed E-state index contributed by atoms with van der Waals surface area (Å²) >= 11 is 0. The lowest BCUT2D eigenvalue weighted by Gasteiger charge is -2.71. The monoisotopic (exact) mass is 699 g/mol. The van der Waals surface area contributed by atoms with Gasteiger partial charge in [0.2, 0.25) is 0 Å². The van der Waals surface area contributed by atoms with Crippen molar-refractivity contribution in [2.45, 2.75) is 156 Å². The van der Waals surface area contributed by atoms with Gasteiger partial charge in [-0.1, -0.05) is 65.3 Å². The molecule has 4 saturated carbocycles. The van der Waals surface area contributed by atoms with Crippen LogP contribution in [0.15, 0.2) is 17.8 Å². The number of hydrogen-bond acceptors (Lipinski definition) is 10. The Labute approximate surface area is 296 Å². The Balaban J connectivity index is 1.14. The predicted molar refractivity (Wildman–Crippen MR) is 184 cm³/mol. The van der Waals surface area contributed by atoms with E-state index in [0.717, 1.165) is 64.2 Å². The van der Waals surface area contributed by atoms with Crippen LogP contribution in [0, 0.1) is 50.2 Å². The van der Waals surface area contributed by atoms with Gasteiger partial charge in [0.25, 0.3) is 0 Å².